The van der Waals surface area contributed by atoms with Gasteiger partial charge in [0.05, 0.1) is 19.1 Å². The molecule has 1 saturated heterocycles. The number of aliphatic hydroxyl groups excluding tert-OH is 1. The van der Waals surface area contributed by atoms with Crippen molar-refractivity contribution in [3.63, 3.8) is 0 Å². The molecule has 2 N–H and O–H groups in total. The molecule has 1 aliphatic carbocycles. The summed E-state index contributed by atoms with van der Waals surface area (Å²) in [6.45, 7) is 4.08. The van der Waals surface area contributed by atoms with Gasteiger partial charge in [-0.25, -0.2) is 0 Å². The number of hydrogen-bond donors (Lipinski definition) is 2. The number of nitrogens with one attached hydrogen (secondary N) is 1. The molecule has 0 radical (unpaired) electrons. The quantitative estimate of drug-likeness (QED) is 0.780. The molecule has 0 aromatic rings. The Labute approximate surface area is 134 Å². The summed E-state index contributed by atoms with van der Waals surface area (Å²) in [5.74, 6) is -1.47. The van der Waals surface area contributed by atoms with Crippen LogP contribution in [0.15, 0.2) is 0 Å². The van der Waals surface area contributed by atoms with Gasteiger partial charge in [-0.2, -0.15) is 13.2 Å². The first-order valence-corrected chi connectivity index (χ1v) is 8.30. The average Bonchev–Trinajstić information content (AvgIpc) is 2.49. The molecule has 0 aromatic heterocycles. The third-order valence-corrected chi connectivity index (χ3v) is 4.75. The Balaban J connectivity index is 1.71. The van der Waals surface area contributed by atoms with Crippen LogP contribution in [0.1, 0.15) is 25.7 Å². The van der Waals surface area contributed by atoms with Gasteiger partial charge >= 0.3 is 6.18 Å². The van der Waals surface area contributed by atoms with Gasteiger partial charge in [0.1, 0.15) is 0 Å². The van der Waals surface area contributed by atoms with Crippen molar-refractivity contribution in [1.82, 2.24) is 15.1 Å². The zero-order chi connectivity index (χ0) is 16.9. The molecule has 23 heavy (non-hydrogen) atoms. The van der Waals surface area contributed by atoms with Gasteiger partial charge in [0.25, 0.3) is 0 Å². The molecule has 0 bridgehead atoms. The third kappa shape index (κ3) is 5.93. The van der Waals surface area contributed by atoms with Crippen LogP contribution in [-0.2, 0) is 4.79 Å². The zero-order valence-electron chi connectivity index (χ0n) is 13.3. The van der Waals surface area contributed by atoms with Crippen molar-refractivity contribution in [2.75, 3.05) is 45.9 Å². The smallest absolute Gasteiger partial charge is 0.391 e. The fraction of sp³-hybridized carbons (Fsp3) is 0.933. The van der Waals surface area contributed by atoms with Gasteiger partial charge in [0.15, 0.2) is 0 Å². The first-order valence-electron chi connectivity index (χ1n) is 8.30. The van der Waals surface area contributed by atoms with Crippen LogP contribution in [0.25, 0.3) is 0 Å². The van der Waals surface area contributed by atoms with Crippen LogP contribution in [-0.4, -0.2) is 78.9 Å². The first-order chi connectivity index (χ1) is 10.9. The lowest BCUT2D eigenvalue weighted by Crippen LogP contribution is -2.51. The van der Waals surface area contributed by atoms with E-state index in [0.29, 0.717) is 19.4 Å². The van der Waals surface area contributed by atoms with E-state index in [4.69, 9.17) is 5.11 Å². The highest BCUT2D eigenvalue weighted by Gasteiger charge is 2.42. The summed E-state index contributed by atoms with van der Waals surface area (Å²) in [4.78, 5) is 16.2. The molecule has 1 aliphatic heterocycles. The molecular formula is C15H26F3N3O2. The van der Waals surface area contributed by atoms with Gasteiger partial charge in [-0.05, 0) is 19.3 Å². The molecule has 0 unspecified atom stereocenters. The number of carbonyl (C=O) groups is 1. The van der Waals surface area contributed by atoms with Gasteiger partial charge in [-0.15, -0.1) is 0 Å². The normalized spacial score (nSPS) is 27.8. The maximum absolute atomic E-state index is 12.8. The van der Waals surface area contributed by atoms with Crippen molar-refractivity contribution in [2.24, 2.45) is 5.92 Å². The lowest BCUT2D eigenvalue weighted by Gasteiger charge is -2.35. The second kappa shape index (κ2) is 8.30. The molecule has 5 nitrogen and oxygen atoms in total. The minimum Gasteiger partial charge on any atom is -0.395 e. The molecule has 2 fully saturated rings. The van der Waals surface area contributed by atoms with Crippen LogP contribution >= 0.6 is 0 Å². The summed E-state index contributed by atoms with van der Waals surface area (Å²) in [7, 11) is 0. The minimum atomic E-state index is -4.16. The molecule has 8 heteroatoms. The zero-order valence-corrected chi connectivity index (χ0v) is 13.3. The van der Waals surface area contributed by atoms with Crippen LogP contribution < -0.4 is 5.32 Å². The van der Waals surface area contributed by atoms with E-state index in [-0.39, 0.29) is 37.9 Å². The largest absolute Gasteiger partial charge is 0.395 e. The summed E-state index contributed by atoms with van der Waals surface area (Å²) >= 11 is 0. The number of piperazine rings is 1. The number of hydrogen-bond acceptors (Lipinski definition) is 4. The Morgan fingerprint density at radius 1 is 1.13 bits per heavy atom. The monoisotopic (exact) mass is 337 g/mol. The molecular weight excluding hydrogens is 311 g/mol. The number of amides is 1. The van der Waals surface area contributed by atoms with E-state index in [9.17, 15) is 18.0 Å². The van der Waals surface area contributed by atoms with Crippen molar-refractivity contribution in [3.05, 3.63) is 0 Å². The van der Waals surface area contributed by atoms with E-state index in [0.717, 1.165) is 26.2 Å². The number of nitrogens with zero attached hydrogens (tertiary/aromatic N) is 2. The second-order valence-corrected chi connectivity index (χ2v) is 6.51. The summed E-state index contributed by atoms with van der Waals surface area (Å²) in [6.07, 6.45) is -2.85. The highest BCUT2D eigenvalue weighted by Crippen LogP contribution is 2.37. The topological polar surface area (TPSA) is 55.8 Å². The van der Waals surface area contributed by atoms with E-state index in [1.807, 2.05) is 4.90 Å². The maximum atomic E-state index is 12.8. The van der Waals surface area contributed by atoms with Gasteiger partial charge in [-0.1, -0.05) is 6.42 Å². The Kier molecular flexibility index (Phi) is 6.67. The number of halogens is 3. The predicted octanol–water partition coefficient (Wildman–Crippen LogP) is 0.834. The van der Waals surface area contributed by atoms with Gasteiger partial charge in [0.2, 0.25) is 5.91 Å². The van der Waals surface area contributed by atoms with Crippen LogP contribution in [0.5, 0.6) is 0 Å². The third-order valence-electron chi connectivity index (χ3n) is 4.75. The van der Waals surface area contributed by atoms with Crippen LogP contribution in [0, 0.1) is 5.92 Å². The van der Waals surface area contributed by atoms with Crippen LogP contribution in [0.4, 0.5) is 13.2 Å². The Morgan fingerprint density at radius 2 is 1.78 bits per heavy atom. The number of rotatable bonds is 5. The Hall–Kier alpha value is -0.860. The molecule has 1 heterocycles. The Morgan fingerprint density at radius 3 is 2.39 bits per heavy atom. The molecule has 0 aromatic carbocycles. The van der Waals surface area contributed by atoms with Crippen LogP contribution in [0.2, 0.25) is 0 Å². The average molecular weight is 337 g/mol. The fourth-order valence-electron chi connectivity index (χ4n) is 3.41. The number of aliphatic hydroxyl groups is 1. The van der Waals surface area contributed by atoms with Gasteiger partial charge in [0, 0.05) is 38.8 Å². The number of carbonyl (C=O) groups excluding carboxylic acids is 1. The number of alkyl halides is 3. The highest BCUT2D eigenvalue weighted by molar-refractivity contribution is 5.78. The molecule has 1 saturated carbocycles. The van der Waals surface area contributed by atoms with E-state index < -0.39 is 12.1 Å². The maximum Gasteiger partial charge on any atom is 0.391 e. The van der Waals surface area contributed by atoms with E-state index in [1.54, 1.807) is 0 Å². The SMILES string of the molecule is O=C(CN1CCN(CCO)CC1)N[C@@H]1CCC[C@H](C(F)(F)F)C1. The molecule has 2 aliphatic rings. The lowest BCUT2D eigenvalue weighted by molar-refractivity contribution is -0.184. The number of β-amino-alcohol motifs (C(OH)–C–C–N with tert-alkyl or cyclic N) is 1. The molecule has 2 atom stereocenters. The molecule has 134 valence electrons. The summed E-state index contributed by atoms with van der Waals surface area (Å²) in [5.41, 5.74) is 0. The fourth-order valence-corrected chi connectivity index (χ4v) is 3.41. The summed E-state index contributed by atoms with van der Waals surface area (Å²) in [6, 6.07) is -0.362. The van der Waals surface area contributed by atoms with Gasteiger partial charge in [-0.3, -0.25) is 14.6 Å². The summed E-state index contributed by atoms with van der Waals surface area (Å²) in [5, 5.41) is 11.7. The van der Waals surface area contributed by atoms with Crippen molar-refractivity contribution < 1.29 is 23.1 Å². The molecule has 1 amide bonds. The van der Waals surface area contributed by atoms with Crippen molar-refractivity contribution in [3.8, 4) is 0 Å². The predicted molar refractivity (Wildman–Crippen MR) is 79.9 cm³/mol. The van der Waals surface area contributed by atoms with Gasteiger partial charge < -0.3 is 10.4 Å². The van der Waals surface area contributed by atoms with Crippen molar-refractivity contribution in [1.29, 1.82) is 0 Å². The lowest BCUT2D eigenvalue weighted by atomic mass is 9.85. The second-order valence-electron chi connectivity index (χ2n) is 6.51. The summed E-state index contributed by atoms with van der Waals surface area (Å²) < 4.78 is 38.3. The Bertz CT molecular complexity index is 385. The standard InChI is InChI=1S/C15H26F3N3O2/c16-15(17,18)12-2-1-3-13(10-12)19-14(23)11-21-6-4-20(5-7-21)8-9-22/h12-13,22H,1-11H2,(H,19,23)/t12-,13+/m0/s1. The minimum absolute atomic E-state index is 0.000478. The van der Waals surface area contributed by atoms with E-state index in [2.05, 4.69) is 10.2 Å². The van der Waals surface area contributed by atoms with E-state index >= 15 is 0 Å². The van der Waals surface area contributed by atoms with E-state index in [1.165, 1.54) is 0 Å². The molecule has 2 rings (SSSR count). The van der Waals surface area contributed by atoms with Crippen molar-refractivity contribution in [2.45, 2.75) is 37.9 Å². The molecule has 0 spiro atoms. The van der Waals surface area contributed by atoms with Crippen LogP contribution in [0.3, 0.4) is 0 Å². The first kappa shape index (κ1) is 18.5. The van der Waals surface area contributed by atoms with Crippen molar-refractivity contribution >= 4 is 5.91 Å². The highest BCUT2D eigenvalue weighted by atomic mass is 19.4.